The number of rotatable bonds is 1. The number of aromatic nitrogens is 4. The van der Waals surface area contributed by atoms with Gasteiger partial charge in [0.15, 0.2) is 5.13 Å². The van der Waals surface area contributed by atoms with Crippen molar-refractivity contribution in [2.75, 3.05) is 0 Å². The molecule has 0 aliphatic carbocycles. The Bertz CT molecular complexity index is 440. The number of aryl methyl sites for hydroxylation is 1. The van der Waals surface area contributed by atoms with Crippen LogP contribution in [0, 0.1) is 6.92 Å². The largest absolute Gasteiger partial charge is 0.349 e. The molecular formula is C6H6N4OS. The molecule has 0 unspecified atom stereocenters. The van der Waals surface area contributed by atoms with Gasteiger partial charge in [0.2, 0.25) is 0 Å². The molecule has 0 aliphatic heterocycles. The molecule has 5 nitrogen and oxygen atoms in total. The summed E-state index contributed by atoms with van der Waals surface area (Å²) >= 11 is 1.41. The molecular weight excluding hydrogens is 176 g/mol. The summed E-state index contributed by atoms with van der Waals surface area (Å²) in [5.74, 6) is 0. The van der Waals surface area contributed by atoms with Gasteiger partial charge in [-0.1, -0.05) is 0 Å². The first kappa shape index (κ1) is 7.23. The molecule has 2 rings (SSSR count). The lowest BCUT2D eigenvalue weighted by Gasteiger charge is -1.88. The van der Waals surface area contributed by atoms with Gasteiger partial charge in [0.25, 0.3) is 0 Å². The third kappa shape index (κ3) is 1.06. The Morgan fingerprint density at radius 3 is 3.00 bits per heavy atom. The zero-order chi connectivity index (χ0) is 8.55. The highest BCUT2D eigenvalue weighted by molar-refractivity contribution is 7.12. The van der Waals surface area contributed by atoms with E-state index < -0.39 is 0 Å². The van der Waals surface area contributed by atoms with Gasteiger partial charge in [-0.15, -0.1) is 11.3 Å². The molecule has 0 fully saturated rings. The molecule has 0 bridgehead atoms. The van der Waals surface area contributed by atoms with Crippen molar-refractivity contribution >= 4 is 11.3 Å². The molecule has 1 N–H and O–H groups in total. The maximum absolute atomic E-state index is 11.0. The summed E-state index contributed by atoms with van der Waals surface area (Å²) in [5, 5.41) is 8.43. The van der Waals surface area contributed by atoms with E-state index in [0.29, 0.717) is 5.13 Å². The molecule has 0 atom stereocenters. The first-order chi connectivity index (χ1) is 5.77. The Morgan fingerprint density at radius 2 is 2.50 bits per heavy atom. The molecule has 0 spiro atoms. The number of nitrogens with zero attached hydrogens (tertiary/aromatic N) is 3. The minimum Gasteiger partial charge on any atom is -0.246 e. The molecule has 6 heteroatoms. The number of aromatic amines is 1. The van der Waals surface area contributed by atoms with Gasteiger partial charge in [0, 0.05) is 5.38 Å². The quantitative estimate of drug-likeness (QED) is 0.691. The minimum atomic E-state index is -0.260. The highest BCUT2D eigenvalue weighted by Gasteiger charge is 2.03. The van der Waals surface area contributed by atoms with Crippen LogP contribution in [0.1, 0.15) is 5.69 Å². The zero-order valence-corrected chi connectivity index (χ0v) is 7.13. The molecule has 2 aromatic heterocycles. The van der Waals surface area contributed by atoms with E-state index in [1.165, 1.54) is 22.2 Å². The molecule has 0 radical (unpaired) electrons. The van der Waals surface area contributed by atoms with Crippen molar-refractivity contribution in [1.29, 1.82) is 0 Å². The first-order valence-electron chi connectivity index (χ1n) is 3.32. The Hall–Kier alpha value is -1.43. The predicted molar refractivity (Wildman–Crippen MR) is 44.6 cm³/mol. The van der Waals surface area contributed by atoms with Gasteiger partial charge in [-0.3, -0.25) is 0 Å². The van der Waals surface area contributed by atoms with Crippen LogP contribution in [-0.2, 0) is 0 Å². The smallest absolute Gasteiger partial charge is 0.246 e. The van der Waals surface area contributed by atoms with Crippen LogP contribution in [0.3, 0.4) is 0 Å². The Morgan fingerprint density at radius 1 is 1.67 bits per heavy atom. The van der Waals surface area contributed by atoms with Gasteiger partial charge in [0.05, 0.1) is 5.69 Å². The fraction of sp³-hybridized carbons (Fsp3) is 0.167. The van der Waals surface area contributed by atoms with Gasteiger partial charge >= 0.3 is 5.69 Å². The number of nitrogens with one attached hydrogen (secondary N) is 1. The third-order valence-electron chi connectivity index (χ3n) is 1.37. The Labute approximate surface area is 71.7 Å². The molecule has 0 saturated heterocycles. The van der Waals surface area contributed by atoms with Gasteiger partial charge < -0.3 is 0 Å². The molecule has 62 valence electrons. The summed E-state index contributed by atoms with van der Waals surface area (Å²) in [6.45, 7) is 1.88. The average molecular weight is 182 g/mol. The van der Waals surface area contributed by atoms with E-state index in [-0.39, 0.29) is 5.69 Å². The molecule has 12 heavy (non-hydrogen) atoms. The van der Waals surface area contributed by atoms with Crippen molar-refractivity contribution in [3.05, 3.63) is 27.9 Å². The summed E-state index contributed by atoms with van der Waals surface area (Å²) in [6.07, 6.45) is 1.42. The van der Waals surface area contributed by atoms with E-state index in [9.17, 15) is 4.79 Å². The van der Waals surface area contributed by atoms with E-state index in [1.54, 1.807) is 0 Å². The number of H-pyrrole nitrogens is 1. The molecule has 2 heterocycles. The van der Waals surface area contributed by atoms with Gasteiger partial charge in [-0.05, 0) is 6.92 Å². The van der Waals surface area contributed by atoms with E-state index in [0.717, 1.165) is 5.69 Å². The minimum absolute atomic E-state index is 0.260. The molecule has 0 aliphatic rings. The lowest BCUT2D eigenvalue weighted by Crippen LogP contribution is -2.13. The number of thiazole rings is 1. The van der Waals surface area contributed by atoms with E-state index in [4.69, 9.17) is 0 Å². The summed E-state index contributed by atoms with van der Waals surface area (Å²) < 4.78 is 1.37. The maximum atomic E-state index is 11.0. The van der Waals surface area contributed by atoms with Crippen molar-refractivity contribution in [2.45, 2.75) is 6.92 Å². The Kier molecular flexibility index (Phi) is 1.54. The molecule has 2 aromatic rings. The average Bonchev–Trinajstić information content (AvgIpc) is 2.58. The summed E-state index contributed by atoms with van der Waals surface area (Å²) in [4.78, 5) is 15.2. The van der Waals surface area contributed by atoms with Crippen molar-refractivity contribution in [1.82, 2.24) is 19.7 Å². The van der Waals surface area contributed by atoms with E-state index in [1.807, 2.05) is 12.3 Å². The summed E-state index contributed by atoms with van der Waals surface area (Å²) in [6, 6.07) is 0. The van der Waals surface area contributed by atoms with Gasteiger partial charge in [-0.2, -0.15) is 5.10 Å². The van der Waals surface area contributed by atoms with Crippen LogP contribution < -0.4 is 5.69 Å². The van der Waals surface area contributed by atoms with Crippen molar-refractivity contribution in [3.8, 4) is 5.13 Å². The van der Waals surface area contributed by atoms with Crippen molar-refractivity contribution in [3.63, 3.8) is 0 Å². The lowest BCUT2D eigenvalue weighted by molar-refractivity contribution is 0.960. The summed E-state index contributed by atoms with van der Waals surface area (Å²) in [7, 11) is 0. The second kappa shape index (κ2) is 2.56. The van der Waals surface area contributed by atoms with Crippen LogP contribution in [0.25, 0.3) is 5.13 Å². The van der Waals surface area contributed by atoms with Crippen LogP contribution in [0.15, 0.2) is 16.5 Å². The fourth-order valence-corrected chi connectivity index (χ4v) is 1.61. The monoisotopic (exact) mass is 182 g/mol. The van der Waals surface area contributed by atoms with Crippen LogP contribution >= 0.6 is 11.3 Å². The molecule has 0 saturated carbocycles. The molecule has 0 amide bonds. The lowest BCUT2D eigenvalue weighted by atomic mass is 10.6. The zero-order valence-electron chi connectivity index (χ0n) is 6.31. The standard InChI is InChI=1S/C6H6N4OS/c1-4-2-12-6(8-4)10-3-7-9-5(10)11/h2-3H,1H3,(H,9,11). The topological polar surface area (TPSA) is 63.6 Å². The second-order valence-electron chi connectivity index (χ2n) is 2.30. The Balaban J connectivity index is 2.58. The van der Waals surface area contributed by atoms with Gasteiger partial charge in [-0.25, -0.2) is 19.4 Å². The molecule has 0 aromatic carbocycles. The third-order valence-corrected chi connectivity index (χ3v) is 2.32. The fourth-order valence-electron chi connectivity index (χ4n) is 0.837. The highest BCUT2D eigenvalue weighted by Crippen LogP contribution is 2.10. The maximum Gasteiger partial charge on any atom is 0.349 e. The van der Waals surface area contributed by atoms with E-state index >= 15 is 0 Å². The first-order valence-corrected chi connectivity index (χ1v) is 4.20. The SMILES string of the molecule is Cc1csc(-n2cn[nH]c2=O)n1. The summed E-state index contributed by atoms with van der Waals surface area (Å²) in [5.41, 5.74) is 0.646. The van der Waals surface area contributed by atoms with Crippen LogP contribution in [0.5, 0.6) is 0 Å². The van der Waals surface area contributed by atoms with Crippen LogP contribution in [-0.4, -0.2) is 19.7 Å². The normalized spacial score (nSPS) is 10.4. The van der Waals surface area contributed by atoms with Crippen LogP contribution in [0.2, 0.25) is 0 Å². The van der Waals surface area contributed by atoms with Crippen molar-refractivity contribution in [2.24, 2.45) is 0 Å². The van der Waals surface area contributed by atoms with Gasteiger partial charge in [0.1, 0.15) is 6.33 Å². The predicted octanol–water partition coefficient (Wildman–Crippen LogP) is 0.326. The van der Waals surface area contributed by atoms with Crippen LogP contribution in [0.4, 0.5) is 0 Å². The number of hydrogen-bond donors (Lipinski definition) is 1. The van der Waals surface area contributed by atoms with E-state index in [2.05, 4.69) is 15.2 Å². The highest BCUT2D eigenvalue weighted by atomic mass is 32.1. The van der Waals surface area contributed by atoms with Crippen molar-refractivity contribution < 1.29 is 0 Å². The second-order valence-corrected chi connectivity index (χ2v) is 3.14. The number of hydrogen-bond acceptors (Lipinski definition) is 4.